The minimum atomic E-state index is -1.03. The van der Waals surface area contributed by atoms with E-state index in [9.17, 15) is 9.59 Å². The van der Waals surface area contributed by atoms with Gasteiger partial charge in [0.25, 0.3) is 0 Å². The number of nitrogens with zero attached hydrogens (tertiary/aromatic N) is 3. The Labute approximate surface area is 126 Å². The van der Waals surface area contributed by atoms with E-state index < -0.39 is 5.97 Å². The number of carbonyl (C=O) groups is 2. The maximum absolute atomic E-state index is 11.9. The van der Waals surface area contributed by atoms with Gasteiger partial charge in [0.2, 0.25) is 5.91 Å². The Morgan fingerprint density at radius 2 is 2.14 bits per heavy atom. The SMILES string of the molecule is COc1ccccc1CCC(=O)Nc1cn(CC(=O)O)nn1. The molecule has 0 unspecified atom stereocenters. The van der Waals surface area contributed by atoms with E-state index in [0.29, 0.717) is 6.42 Å². The molecule has 0 aliphatic carbocycles. The van der Waals surface area contributed by atoms with E-state index in [2.05, 4.69) is 15.6 Å². The van der Waals surface area contributed by atoms with Gasteiger partial charge in [0.15, 0.2) is 5.82 Å². The zero-order chi connectivity index (χ0) is 15.9. The molecule has 2 rings (SSSR count). The fourth-order valence-electron chi connectivity index (χ4n) is 1.93. The van der Waals surface area contributed by atoms with E-state index in [1.807, 2.05) is 24.3 Å². The zero-order valence-corrected chi connectivity index (χ0v) is 12.0. The third-order valence-corrected chi connectivity index (χ3v) is 2.92. The molecule has 0 atom stereocenters. The average molecular weight is 304 g/mol. The number of aryl methyl sites for hydroxylation is 1. The molecule has 0 saturated carbocycles. The van der Waals surface area contributed by atoms with Gasteiger partial charge in [-0.05, 0) is 18.1 Å². The van der Waals surface area contributed by atoms with E-state index in [0.717, 1.165) is 16.0 Å². The molecule has 1 aromatic heterocycles. The monoisotopic (exact) mass is 304 g/mol. The maximum Gasteiger partial charge on any atom is 0.325 e. The predicted molar refractivity (Wildman–Crippen MR) is 77.6 cm³/mol. The second kappa shape index (κ2) is 7.21. The first-order chi connectivity index (χ1) is 10.6. The Balaban J connectivity index is 1.87. The highest BCUT2D eigenvalue weighted by molar-refractivity contribution is 5.89. The van der Waals surface area contributed by atoms with Crippen molar-refractivity contribution in [3.8, 4) is 5.75 Å². The molecule has 8 nitrogen and oxygen atoms in total. The summed E-state index contributed by atoms with van der Waals surface area (Å²) >= 11 is 0. The number of carboxylic acids is 1. The minimum Gasteiger partial charge on any atom is -0.496 e. The first-order valence-electron chi connectivity index (χ1n) is 6.62. The molecule has 8 heteroatoms. The second-order valence-electron chi connectivity index (χ2n) is 4.56. The number of benzene rings is 1. The molecule has 2 aromatic rings. The lowest BCUT2D eigenvalue weighted by Crippen LogP contribution is -2.13. The van der Waals surface area contributed by atoms with Crippen molar-refractivity contribution in [3.63, 3.8) is 0 Å². The lowest BCUT2D eigenvalue weighted by atomic mass is 10.1. The molecule has 0 radical (unpaired) electrons. The summed E-state index contributed by atoms with van der Waals surface area (Å²) in [5.74, 6) is -0.291. The van der Waals surface area contributed by atoms with Crippen molar-refractivity contribution in [1.29, 1.82) is 0 Å². The van der Waals surface area contributed by atoms with Crippen LogP contribution in [0, 0.1) is 0 Å². The van der Waals surface area contributed by atoms with Crippen LogP contribution in [0.3, 0.4) is 0 Å². The van der Waals surface area contributed by atoms with E-state index in [-0.39, 0.29) is 24.7 Å². The number of carbonyl (C=O) groups excluding carboxylic acids is 1. The average Bonchev–Trinajstić information content (AvgIpc) is 2.91. The van der Waals surface area contributed by atoms with Crippen LogP contribution < -0.4 is 10.1 Å². The van der Waals surface area contributed by atoms with Crippen molar-refractivity contribution >= 4 is 17.7 Å². The van der Waals surface area contributed by atoms with Crippen LogP contribution in [0.1, 0.15) is 12.0 Å². The van der Waals surface area contributed by atoms with Crippen LogP contribution >= 0.6 is 0 Å². The minimum absolute atomic E-state index is 0.228. The fraction of sp³-hybridized carbons (Fsp3) is 0.286. The van der Waals surface area contributed by atoms with E-state index in [1.54, 1.807) is 7.11 Å². The molecule has 1 aromatic carbocycles. The number of ether oxygens (including phenoxy) is 1. The Morgan fingerprint density at radius 3 is 2.86 bits per heavy atom. The normalized spacial score (nSPS) is 10.2. The first kappa shape index (κ1) is 15.5. The van der Waals surface area contributed by atoms with Crippen molar-refractivity contribution < 1.29 is 19.4 Å². The highest BCUT2D eigenvalue weighted by Crippen LogP contribution is 2.18. The Hall–Kier alpha value is -2.90. The summed E-state index contributed by atoms with van der Waals surface area (Å²) in [5.41, 5.74) is 0.940. The molecular weight excluding hydrogens is 288 g/mol. The van der Waals surface area contributed by atoms with Gasteiger partial charge in [0.1, 0.15) is 12.3 Å². The number of anilines is 1. The van der Waals surface area contributed by atoms with Gasteiger partial charge >= 0.3 is 5.97 Å². The van der Waals surface area contributed by atoms with Gasteiger partial charge in [-0.15, -0.1) is 5.10 Å². The topological polar surface area (TPSA) is 106 Å². The van der Waals surface area contributed by atoms with Gasteiger partial charge in [-0.3, -0.25) is 9.59 Å². The third-order valence-electron chi connectivity index (χ3n) is 2.92. The summed E-state index contributed by atoms with van der Waals surface area (Å²) < 4.78 is 6.36. The van der Waals surface area contributed by atoms with Crippen molar-refractivity contribution in [2.24, 2.45) is 0 Å². The number of para-hydroxylation sites is 1. The second-order valence-corrected chi connectivity index (χ2v) is 4.56. The fourth-order valence-corrected chi connectivity index (χ4v) is 1.93. The third kappa shape index (κ3) is 4.30. The standard InChI is InChI=1S/C14H16N4O4/c1-22-11-5-3-2-4-10(11)6-7-13(19)15-12-8-18(17-16-12)9-14(20)21/h2-5,8H,6-7,9H2,1H3,(H,15,19)(H,20,21). The number of hydrogen-bond donors (Lipinski definition) is 2. The smallest absolute Gasteiger partial charge is 0.325 e. The summed E-state index contributed by atoms with van der Waals surface area (Å²) in [4.78, 5) is 22.4. The molecule has 0 fully saturated rings. The van der Waals surface area contributed by atoms with Crippen LogP contribution in [-0.2, 0) is 22.6 Å². The molecule has 2 N–H and O–H groups in total. The van der Waals surface area contributed by atoms with Gasteiger partial charge in [-0.2, -0.15) is 0 Å². The molecule has 1 heterocycles. The molecule has 116 valence electrons. The number of amides is 1. The summed E-state index contributed by atoms with van der Waals surface area (Å²) in [6.45, 7) is -0.302. The Kier molecular flexibility index (Phi) is 5.07. The first-order valence-corrected chi connectivity index (χ1v) is 6.62. The number of hydrogen-bond acceptors (Lipinski definition) is 5. The van der Waals surface area contributed by atoms with Gasteiger partial charge in [0.05, 0.1) is 13.3 Å². The van der Waals surface area contributed by atoms with Crippen LogP contribution in [0.5, 0.6) is 5.75 Å². The molecule has 1 amide bonds. The predicted octanol–water partition coefficient (Wildman–Crippen LogP) is 0.943. The number of aromatic nitrogens is 3. The van der Waals surface area contributed by atoms with Crippen LogP contribution in [0.4, 0.5) is 5.82 Å². The number of methoxy groups -OCH3 is 1. The summed E-state index contributed by atoms with van der Waals surface area (Å²) in [6.07, 6.45) is 2.15. The Bertz CT molecular complexity index is 668. The summed E-state index contributed by atoms with van der Waals surface area (Å²) in [6, 6.07) is 7.48. The van der Waals surface area contributed by atoms with Crippen LogP contribution in [-0.4, -0.2) is 39.1 Å². The van der Waals surface area contributed by atoms with E-state index in [4.69, 9.17) is 9.84 Å². The Morgan fingerprint density at radius 1 is 1.36 bits per heavy atom. The van der Waals surface area contributed by atoms with Crippen LogP contribution in [0.15, 0.2) is 30.5 Å². The van der Waals surface area contributed by atoms with Crippen molar-refractivity contribution in [1.82, 2.24) is 15.0 Å². The largest absolute Gasteiger partial charge is 0.496 e. The highest BCUT2D eigenvalue weighted by Gasteiger charge is 2.09. The van der Waals surface area contributed by atoms with Gasteiger partial charge in [-0.1, -0.05) is 23.4 Å². The number of carboxylic acid groups (broad SMARTS) is 1. The maximum atomic E-state index is 11.9. The zero-order valence-electron chi connectivity index (χ0n) is 12.0. The van der Waals surface area contributed by atoms with Crippen LogP contribution in [0.25, 0.3) is 0 Å². The number of rotatable bonds is 7. The van der Waals surface area contributed by atoms with E-state index >= 15 is 0 Å². The van der Waals surface area contributed by atoms with Gasteiger partial charge in [-0.25, -0.2) is 4.68 Å². The molecule has 0 aliphatic rings. The quantitative estimate of drug-likeness (QED) is 0.788. The van der Waals surface area contributed by atoms with Gasteiger partial charge < -0.3 is 15.2 Å². The van der Waals surface area contributed by atoms with Crippen molar-refractivity contribution in [2.45, 2.75) is 19.4 Å². The van der Waals surface area contributed by atoms with Gasteiger partial charge in [0, 0.05) is 6.42 Å². The molecule has 0 bridgehead atoms. The lowest BCUT2D eigenvalue weighted by molar-refractivity contribution is -0.137. The van der Waals surface area contributed by atoms with E-state index in [1.165, 1.54) is 6.20 Å². The summed E-state index contributed by atoms with van der Waals surface area (Å²) in [5, 5.41) is 18.5. The number of aliphatic carboxylic acids is 1. The van der Waals surface area contributed by atoms with Crippen molar-refractivity contribution in [2.75, 3.05) is 12.4 Å². The highest BCUT2D eigenvalue weighted by atomic mass is 16.5. The number of nitrogens with one attached hydrogen (secondary N) is 1. The molecule has 0 aliphatic heterocycles. The lowest BCUT2D eigenvalue weighted by Gasteiger charge is -2.07. The molecule has 0 saturated heterocycles. The van der Waals surface area contributed by atoms with Crippen LogP contribution in [0.2, 0.25) is 0 Å². The molecular formula is C14H16N4O4. The van der Waals surface area contributed by atoms with Crippen molar-refractivity contribution in [3.05, 3.63) is 36.0 Å². The molecule has 0 spiro atoms. The summed E-state index contributed by atoms with van der Waals surface area (Å²) in [7, 11) is 1.58. The molecule has 22 heavy (non-hydrogen) atoms.